The van der Waals surface area contributed by atoms with Crippen molar-refractivity contribution in [2.75, 3.05) is 6.54 Å². The highest BCUT2D eigenvalue weighted by Crippen LogP contribution is 1.90. The number of amides is 1. The molecule has 96 valence electrons. The molecule has 0 saturated carbocycles. The minimum Gasteiger partial charge on any atom is -0.352 e. The second-order valence-electron chi connectivity index (χ2n) is 4.14. The Morgan fingerprint density at radius 2 is 2.06 bits per heavy atom. The van der Waals surface area contributed by atoms with Crippen molar-refractivity contribution in [1.29, 1.82) is 0 Å². The molecule has 1 amide bonds. The van der Waals surface area contributed by atoms with Crippen LogP contribution in [0, 0.1) is 29.6 Å². The number of carbonyl (C=O) groups is 1. The lowest BCUT2D eigenvalue weighted by molar-refractivity contribution is -0.116. The smallest absolute Gasteiger partial charge is 0.243 e. The number of nitrogens with one attached hydrogen (secondary N) is 1. The van der Waals surface area contributed by atoms with Crippen LogP contribution in [0.25, 0.3) is 0 Å². The highest BCUT2D eigenvalue weighted by atomic mass is 16.1. The summed E-state index contributed by atoms with van der Waals surface area (Å²) in [5.74, 6) is 11.5. The van der Waals surface area contributed by atoms with Crippen LogP contribution in [0.4, 0.5) is 0 Å². The molecule has 2 heteroatoms. The van der Waals surface area contributed by atoms with E-state index in [0.717, 1.165) is 12.8 Å². The third kappa shape index (κ3) is 12.1. The molecular weight excluding hydrogens is 222 g/mol. The summed E-state index contributed by atoms with van der Waals surface area (Å²) in [7, 11) is 0. The molecule has 0 aromatic carbocycles. The Morgan fingerprint density at radius 1 is 1.28 bits per heavy atom. The lowest BCUT2D eigenvalue weighted by Gasteiger charge is -2.03. The van der Waals surface area contributed by atoms with E-state index < -0.39 is 0 Å². The van der Waals surface area contributed by atoms with Gasteiger partial charge < -0.3 is 5.32 Å². The van der Waals surface area contributed by atoms with E-state index in [1.54, 1.807) is 13.0 Å². The summed E-state index contributed by atoms with van der Waals surface area (Å²) in [6.07, 6.45) is 8.79. The molecule has 0 heterocycles. The third-order valence-electron chi connectivity index (χ3n) is 1.89. The molecule has 0 aromatic rings. The van der Waals surface area contributed by atoms with Crippen LogP contribution in [0.5, 0.6) is 0 Å². The second-order valence-corrected chi connectivity index (χ2v) is 4.14. The molecule has 0 rings (SSSR count). The van der Waals surface area contributed by atoms with E-state index in [0.29, 0.717) is 12.5 Å². The summed E-state index contributed by atoms with van der Waals surface area (Å²) in [6.45, 7) is 6.60. The van der Waals surface area contributed by atoms with Crippen molar-refractivity contribution < 1.29 is 4.79 Å². The fourth-order valence-corrected chi connectivity index (χ4v) is 1.01. The molecule has 0 atom stereocenters. The van der Waals surface area contributed by atoms with Crippen molar-refractivity contribution in [1.82, 2.24) is 5.32 Å². The van der Waals surface area contributed by atoms with Crippen molar-refractivity contribution >= 4 is 5.91 Å². The van der Waals surface area contributed by atoms with Gasteiger partial charge in [-0.2, -0.15) is 0 Å². The summed E-state index contributed by atoms with van der Waals surface area (Å²) in [4.78, 5) is 11.3. The predicted octanol–water partition coefficient (Wildman–Crippen LogP) is 2.68. The van der Waals surface area contributed by atoms with Gasteiger partial charge >= 0.3 is 0 Å². The maximum Gasteiger partial charge on any atom is 0.243 e. The van der Waals surface area contributed by atoms with E-state index in [1.807, 2.05) is 12.2 Å². The monoisotopic (exact) mass is 243 g/mol. The van der Waals surface area contributed by atoms with Gasteiger partial charge in [0.2, 0.25) is 5.91 Å². The van der Waals surface area contributed by atoms with Gasteiger partial charge in [0.15, 0.2) is 0 Å². The molecular formula is C16H21NO. The number of rotatable bonds is 6. The van der Waals surface area contributed by atoms with Gasteiger partial charge in [0.25, 0.3) is 0 Å². The lowest BCUT2D eigenvalue weighted by atomic mass is 10.2. The molecule has 0 fully saturated rings. The average Bonchev–Trinajstić information content (AvgIpc) is 2.34. The summed E-state index contributed by atoms with van der Waals surface area (Å²) in [5, 5.41) is 2.81. The van der Waals surface area contributed by atoms with Crippen LogP contribution in [0.1, 0.15) is 33.6 Å². The molecule has 0 spiro atoms. The normalized spacial score (nSPS) is 10.0. The summed E-state index contributed by atoms with van der Waals surface area (Å²) < 4.78 is 0. The van der Waals surface area contributed by atoms with E-state index in [2.05, 4.69) is 42.8 Å². The Hall–Kier alpha value is -1.93. The Bertz CT molecular complexity index is 408. The number of hydrogen-bond acceptors (Lipinski definition) is 1. The molecule has 0 saturated heterocycles. The molecule has 1 N–H and O–H groups in total. The van der Waals surface area contributed by atoms with Crippen molar-refractivity contribution in [3.63, 3.8) is 0 Å². The van der Waals surface area contributed by atoms with E-state index in [-0.39, 0.29) is 5.91 Å². The zero-order valence-electron chi connectivity index (χ0n) is 11.4. The summed E-state index contributed by atoms with van der Waals surface area (Å²) in [5.41, 5.74) is 0. The van der Waals surface area contributed by atoms with Crippen molar-refractivity contribution in [3.05, 3.63) is 24.3 Å². The average molecular weight is 243 g/mol. The molecule has 0 radical (unpaired) electrons. The van der Waals surface area contributed by atoms with Gasteiger partial charge in [0.05, 0.1) is 0 Å². The van der Waals surface area contributed by atoms with E-state index >= 15 is 0 Å². The largest absolute Gasteiger partial charge is 0.352 e. The first-order chi connectivity index (χ1) is 8.66. The van der Waals surface area contributed by atoms with Crippen LogP contribution in [0.3, 0.4) is 0 Å². The van der Waals surface area contributed by atoms with Gasteiger partial charge in [-0.25, -0.2) is 0 Å². The Labute approximate surface area is 111 Å². The topological polar surface area (TPSA) is 29.1 Å². The van der Waals surface area contributed by atoms with E-state index in [9.17, 15) is 4.79 Å². The standard InChI is InChI=1S/C16H21NO/c1-4-5-6-7-8-9-10-11-12-13-16(18)17-14-15(2)3/h10-13,15H,8-9,14H2,1-3H3,(H,17,18). The van der Waals surface area contributed by atoms with Crippen LogP contribution in [0.15, 0.2) is 24.3 Å². The van der Waals surface area contributed by atoms with E-state index in [1.165, 1.54) is 6.08 Å². The molecule has 0 unspecified atom stereocenters. The molecule has 0 aliphatic rings. The van der Waals surface area contributed by atoms with Crippen LogP contribution in [-0.2, 0) is 4.79 Å². The number of allylic oxidation sites excluding steroid dienone is 3. The summed E-state index contributed by atoms with van der Waals surface area (Å²) >= 11 is 0. The van der Waals surface area contributed by atoms with Gasteiger partial charge in [0, 0.05) is 19.0 Å². The van der Waals surface area contributed by atoms with E-state index in [4.69, 9.17) is 0 Å². The third-order valence-corrected chi connectivity index (χ3v) is 1.89. The quantitative estimate of drug-likeness (QED) is 0.330. The molecule has 2 nitrogen and oxygen atoms in total. The zero-order chi connectivity index (χ0) is 13.6. The van der Waals surface area contributed by atoms with Crippen LogP contribution >= 0.6 is 0 Å². The van der Waals surface area contributed by atoms with Crippen molar-refractivity contribution in [2.45, 2.75) is 33.6 Å². The fraction of sp³-hybridized carbons (Fsp3) is 0.438. The zero-order valence-corrected chi connectivity index (χ0v) is 11.4. The number of hydrogen-bond donors (Lipinski definition) is 1. The minimum atomic E-state index is -0.0497. The molecule has 0 aliphatic heterocycles. The van der Waals surface area contributed by atoms with Crippen LogP contribution < -0.4 is 5.32 Å². The maximum absolute atomic E-state index is 11.3. The number of carbonyl (C=O) groups excluding carboxylic acids is 1. The molecule has 0 bridgehead atoms. The van der Waals surface area contributed by atoms with Gasteiger partial charge in [-0.05, 0) is 31.1 Å². The first-order valence-corrected chi connectivity index (χ1v) is 6.17. The lowest BCUT2D eigenvalue weighted by Crippen LogP contribution is -2.25. The van der Waals surface area contributed by atoms with Gasteiger partial charge in [-0.15, -0.1) is 0 Å². The fourth-order valence-electron chi connectivity index (χ4n) is 1.01. The molecule has 18 heavy (non-hydrogen) atoms. The highest BCUT2D eigenvalue weighted by Gasteiger charge is 1.95. The predicted molar refractivity (Wildman–Crippen MR) is 76.6 cm³/mol. The Balaban J connectivity index is 3.71. The first kappa shape index (κ1) is 16.1. The van der Waals surface area contributed by atoms with Crippen LogP contribution in [0.2, 0.25) is 0 Å². The molecule has 0 aromatic heterocycles. The molecule has 0 aliphatic carbocycles. The maximum atomic E-state index is 11.3. The Morgan fingerprint density at radius 3 is 2.72 bits per heavy atom. The minimum absolute atomic E-state index is 0.0497. The van der Waals surface area contributed by atoms with Crippen molar-refractivity contribution in [2.24, 2.45) is 5.92 Å². The van der Waals surface area contributed by atoms with Gasteiger partial charge in [0.1, 0.15) is 0 Å². The van der Waals surface area contributed by atoms with Crippen LogP contribution in [-0.4, -0.2) is 12.5 Å². The SMILES string of the molecule is CC#CC#CCCC=CC=CC(=O)NCC(C)C. The van der Waals surface area contributed by atoms with Crippen molar-refractivity contribution in [3.8, 4) is 23.7 Å². The first-order valence-electron chi connectivity index (χ1n) is 6.17. The van der Waals surface area contributed by atoms with Gasteiger partial charge in [-0.3, -0.25) is 4.79 Å². The van der Waals surface area contributed by atoms with Gasteiger partial charge in [-0.1, -0.05) is 43.9 Å². The highest BCUT2D eigenvalue weighted by molar-refractivity contribution is 5.87. The summed E-state index contributed by atoms with van der Waals surface area (Å²) in [6, 6.07) is 0. The second kappa shape index (κ2) is 11.6. The Kier molecular flexibility index (Phi) is 10.3. The number of unbranched alkanes of at least 4 members (excludes halogenated alkanes) is 1.